The lowest BCUT2D eigenvalue weighted by molar-refractivity contribution is 0.0680. The van der Waals surface area contributed by atoms with Crippen molar-refractivity contribution < 1.29 is 18.3 Å². The zero-order chi connectivity index (χ0) is 22.9. The number of nitrogens with zero attached hydrogens (tertiary/aromatic N) is 1. The average Bonchev–Trinajstić information content (AvgIpc) is 2.71. The van der Waals surface area contributed by atoms with Crippen LogP contribution in [0, 0.1) is 0 Å². The molecule has 0 saturated heterocycles. The van der Waals surface area contributed by atoms with Crippen LogP contribution >= 0.6 is 23.2 Å². The van der Waals surface area contributed by atoms with E-state index in [4.69, 9.17) is 27.9 Å². The molecule has 172 valence electrons. The minimum absolute atomic E-state index is 0.147. The number of unbranched alkanes of at least 4 members (excludes halogenated alkanes) is 1. The van der Waals surface area contributed by atoms with Crippen LogP contribution < -0.4 is 9.46 Å². The highest BCUT2D eigenvalue weighted by molar-refractivity contribution is 7.92. The standard InChI is InChI=1S/C22H30Cl2N2O4S/c1-3-4-12-26(13-11-17-5-10-21(23)22(24)14-17)15-19(27)16-30-20-8-6-18(7-9-20)25-31(2,28)29/h5-10,14,19,25,27H,3-4,11-13,15-16H2,1-2H3/t19-/m1/s1. The molecule has 9 heteroatoms. The molecule has 0 amide bonds. The van der Waals surface area contributed by atoms with Crippen molar-refractivity contribution in [2.75, 3.05) is 37.2 Å². The van der Waals surface area contributed by atoms with Gasteiger partial charge in [0.05, 0.1) is 16.3 Å². The van der Waals surface area contributed by atoms with Gasteiger partial charge in [-0.15, -0.1) is 0 Å². The van der Waals surface area contributed by atoms with Gasteiger partial charge in [0.15, 0.2) is 0 Å². The fourth-order valence-corrected chi connectivity index (χ4v) is 3.92. The van der Waals surface area contributed by atoms with Crippen LogP contribution in [0.3, 0.4) is 0 Å². The number of benzene rings is 2. The fraction of sp³-hybridized carbons (Fsp3) is 0.455. The van der Waals surface area contributed by atoms with E-state index in [0.29, 0.717) is 28.0 Å². The van der Waals surface area contributed by atoms with E-state index >= 15 is 0 Å². The van der Waals surface area contributed by atoms with Gasteiger partial charge in [0, 0.05) is 18.8 Å². The van der Waals surface area contributed by atoms with E-state index in [0.717, 1.165) is 44.2 Å². The maximum atomic E-state index is 11.3. The largest absolute Gasteiger partial charge is 0.491 e. The van der Waals surface area contributed by atoms with Crippen molar-refractivity contribution in [1.82, 2.24) is 4.90 Å². The zero-order valence-corrected chi connectivity index (χ0v) is 20.2. The number of nitrogens with one attached hydrogen (secondary N) is 1. The number of halogens is 2. The van der Waals surface area contributed by atoms with Crippen LogP contribution in [0.5, 0.6) is 5.75 Å². The van der Waals surface area contributed by atoms with Crippen molar-refractivity contribution in [1.29, 1.82) is 0 Å². The first kappa shape index (κ1) is 25.7. The minimum atomic E-state index is -3.32. The number of ether oxygens (including phenoxy) is 1. The number of rotatable bonds is 13. The molecular formula is C22H30Cl2N2O4S. The smallest absolute Gasteiger partial charge is 0.229 e. The molecule has 0 spiro atoms. The van der Waals surface area contributed by atoms with Gasteiger partial charge in [-0.1, -0.05) is 42.6 Å². The average molecular weight is 489 g/mol. The molecule has 0 bridgehead atoms. The highest BCUT2D eigenvalue weighted by atomic mass is 35.5. The van der Waals surface area contributed by atoms with Crippen molar-refractivity contribution in [2.45, 2.75) is 32.3 Å². The Bertz CT molecular complexity index is 924. The van der Waals surface area contributed by atoms with Crippen LogP contribution in [-0.2, 0) is 16.4 Å². The lowest BCUT2D eigenvalue weighted by Crippen LogP contribution is -2.37. The van der Waals surface area contributed by atoms with Gasteiger partial charge >= 0.3 is 0 Å². The number of aliphatic hydroxyl groups excluding tert-OH is 1. The first-order valence-corrected chi connectivity index (χ1v) is 12.9. The highest BCUT2D eigenvalue weighted by Crippen LogP contribution is 2.23. The predicted molar refractivity (Wildman–Crippen MR) is 128 cm³/mol. The van der Waals surface area contributed by atoms with E-state index in [1.54, 1.807) is 30.3 Å². The maximum Gasteiger partial charge on any atom is 0.229 e. The van der Waals surface area contributed by atoms with Gasteiger partial charge in [-0.25, -0.2) is 8.42 Å². The third-order valence-corrected chi connectivity index (χ3v) is 5.94. The molecule has 6 nitrogen and oxygen atoms in total. The third-order valence-electron chi connectivity index (χ3n) is 4.60. The molecule has 0 aliphatic heterocycles. The number of sulfonamides is 1. The van der Waals surface area contributed by atoms with E-state index in [1.807, 2.05) is 12.1 Å². The SMILES string of the molecule is CCCCN(CCc1ccc(Cl)c(Cl)c1)C[C@@H](O)COc1ccc(NS(C)(=O)=O)cc1. The molecule has 0 aliphatic carbocycles. The van der Waals surface area contributed by atoms with Crippen molar-refractivity contribution >= 4 is 38.9 Å². The third kappa shape index (κ3) is 10.1. The van der Waals surface area contributed by atoms with Gasteiger partial charge in [0.2, 0.25) is 10.0 Å². The molecule has 0 fully saturated rings. The molecule has 0 radical (unpaired) electrons. The molecular weight excluding hydrogens is 459 g/mol. The number of anilines is 1. The van der Waals surface area contributed by atoms with Crippen molar-refractivity contribution in [3.8, 4) is 5.75 Å². The molecule has 2 N–H and O–H groups in total. The van der Waals surface area contributed by atoms with E-state index < -0.39 is 16.1 Å². The molecule has 0 aliphatic rings. The molecule has 2 rings (SSSR count). The summed E-state index contributed by atoms with van der Waals surface area (Å²) < 4.78 is 30.6. The van der Waals surface area contributed by atoms with Crippen molar-refractivity contribution in [2.24, 2.45) is 0 Å². The van der Waals surface area contributed by atoms with Crippen LogP contribution in [0.25, 0.3) is 0 Å². The van der Waals surface area contributed by atoms with Crippen molar-refractivity contribution in [3.05, 3.63) is 58.1 Å². The molecule has 0 heterocycles. The first-order valence-electron chi connectivity index (χ1n) is 10.2. The lowest BCUT2D eigenvalue weighted by atomic mass is 10.1. The van der Waals surface area contributed by atoms with Crippen molar-refractivity contribution in [3.63, 3.8) is 0 Å². The summed E-state index contributed by atoms with van der Waals surface area (Å²) in [6, 6.07) is 12.2. The Morgan fingerprint density at radius 1 is 1.10 bits per heavy atom. The summed E-state index contributed by atoms with van der Waals surface area (Å²) >= 11 is 12.1. The predicted octanol–water partition coefficient (Wildman–Crippen LogP) is 4.45. The monoisotopic (exact) mass is 488 g/mol. The Kier molecular flexibility index (Phi) is 10.4. The topological polar surface area (TPSA) is 78.9 Å². The summed E-state index contributed by atoms with van der Waals surface area (Å²) in [4.78, 5) is 2.22. The maximum absolute atomic E-state index is 11.3. The van der Waals surface area contributed by atoms with Gasteiger partial charge in [-0.3, -0.25) is 4.72 Å². The quantitative estimate of drug-likeness (QED) is 0.435. The van der Waals surface area contributed by atoms with E-state index in [1.165, 1.54) is 0 Å². The molecule has 0 saturated carbocycles. The molecule has 2 aromatic rings. The summed E-state index contributed by atoms with van der Waals surface area (Å²) in [5.41, 5.74) is 1.56. The molecule has 2 aromatic carbocycles. The summed E-state index contributed by atoms with van der Waals surface area (Å²) in [6.45, 7) is 4.46. The van der Waals surface area contributed by atoms with Crippen LogP contribution in [0.15, 0.2) is 42.5 Å². The van der Waals surface area contributed by atoms with Gasteiger partial charge in [0.1, 0.15) is 18.5 Å². The molecule has 1 atom stereocenters. The second-order valence-electron chi connectivity index (χ2n) is 7.52. The Balaban J connectivity index is 1.85. The van der Waals surface area contributed by atoms with Gasteiger partial charge < -0.3 is 14.7 Å². The van der Waals surface area contributed by atoms with E-state index in [-0.39, 0.29) is 6.61 Å². The van der Waals surface area contributed by atoms with Crippen LogP contribution in [0.1, 0.15) is 25.3 Å². The number of hydrogen-bond donors (Lipinski definition) is 2. The highest BCUT2D eigenvalue weighted by Gasteiger charge is 2.13. The lowest BCUT2D eigenvalue weighted by Gasteiger charge is -2.25. The molecule has 0 aromatic heterocycles. The Morgan fingerprint density at radius 2 is 1.81 bits per heavy atom. The van der Waals surface area contributed by atoms with Gasteiger partial charge in [-0.2, -0.15) is 0 Å². The van der Waals surface area contributed by atoms with Crippen LogP contribution in [0.2, 0.25) is 10.0 Å². The van der Waals surface area contributed by atoms with E-state index in [2.05, 4.69) is 16.5 Å². The second kappa shape index (κ2) is 12.5. The summed E-state index contributed by atoms with van der Waals surface area (Å²) in [5, 5.41) is 11.6. The fourth-order valence-electron chi connectivity index (χ4n) is 3.03. The molecule has 0 unspecified atom stereocenters. The van der Waals surface area contributed by atoms with Gasteiger partial charge in [0.25, 0.3) is 0 Å². The molecule has 31 heavy (non-hydrogen) atoms. The first-order chi connectivity index (χ1) is 14.7. The summed E-state index contributed by atoms with van der Waals surface area (Å²) in [5.74, 6) is 0.564. The zero-order valence-electron chi connectivity index (χ0n) is 17.9. The number of hydrogen-bond acceptors (Lipinski definition) is 5. The van der Waals surface area contributed by atoms with Crippen LogP contribution in [0.4, 0.5) is 5.69 Å². The Morgan fingerprint density at radius 3 is 2.42 bits per heavy atom. The van der Waals surface area contributed by atoms with Crippen LogP contribution in [-0.4, -0.2) is 57.0 Å². The summed E-state index contributed by atoms with van der Waals surface area (Å²) in [7, 11) is -3.32. The minimum Gasteiger partial charge on any atom is -0.491 e. The van der Waals surface area contributed by atoms with E-state index in [9.17, 15) is 13.5 Å². The second-order valence-corrected chi connectivity index (χ2v) is 10.1. The number of aliphatic hydroxyl groups is 1. The Labute approximate surface area is 195 Å². The van der Waals surface area contributed by atoms with Gasteiger partial charge in [-0.05, 0) is 61.3 Å². The Hall–Kier alpha value is -1.51. The normalized spacial score (nSPS) is 12.7. The summed E-state index contributed by atoms with van der Waals surface area (Å²) in [6.07, 6.45) is 3.37.